The van der Waals surface area contributed by atoms with E-state index in [2.05, 4.69) is 5.32 Å². The molecule has 2 unspecified atom stereocenters. The first-order chi connectivity index (χ1) is 9.77. The molecule has 21 heavy (non-hydrogen) atoms. The molecular weight excluding hydrogens is 284 g/mol. The van der Waals surface area contributed by atoms with E-state index >= 15 is 0 Å². The van der Waals surface area contributed by atoms with Crippen LogP contribution >= 0.6 is 0 Å². The van der Waals surface area contributed by atoms with Crippen LogP contribution in [0.5, 0.6) is 0 Å². The first kappa shape index (κ1) is 16.1. The number of nitrogens with one attached hydrogen (secondary N) is 1. The summed E-state index contributed by atoms with van der Waals surface area (Å²) >= 11 is 0. The van der Waals surface area contributed by atoms with Crippen LogP contribution in [0.25, 0.3) is 0 Å². The van der Waals surface area contributed by atoms with Gasteiger partial charge in [0.15, 0.2) is 0 Å². The third-order valence-corrected chi connectivity index (χ3v) is 3.85. The van der Waals surface area contributed by atoms with Crippen molar-refractivity contribution in [3.8, 4) is 0 Å². The van der Waals surface area contributed by atoms with Crippen LogP contribution in [0.4, 0.5) is 23.2 Å². The van der Waals surface area contributed by atoms with E-state index in [1.807, 2.05) is 13.8 Å². The fourth-order valence-corrected chi connectivity index (χ4v) is 2.64. The van der Waals surface area contributed by atoms with Crippen molar-refractivity contribution < 1.29 is 17.6 Å². The summed E-state index contributed by atoms with van der Waals surface area (Å²) in [6.07, 6.45) is -2.92. The standard InChI is InChI=1S/C15H20F4N2/c1-10-5-7-21(8-6-11(2)20-10)14-9-12(15(17,18)19)3-4-13(14)16/h3-4,9-11,20H,5-8H2,1-2H3. The number of benzene rings is 1. The highest BCUT2D eigenvalue weighted by Gasteiger charge is 2.32. The SMILES string of the molecule is CC1CCN(c2cc(C(F)(F)F)ccc2F)CCC(C)N1. The molecule has 118 valence electrons. The van der Waals surface area contributed by atoms with Crippen LogP contribution in [0.1, 0.15) is 32.3 Å². The highest BCUT2D eigenvalue weighted by atomic mass is 19.4. The second kappa shape index (κ2) is 6.22. The van der Waals surface area contributed by atoms with Gasteiger partial charge in [-0.15, -0.1) is 0 Å². The van der Waals surface area contributed by atoms with E-state index in [-0.39, 0.29) is 17.8 Å². The minimum atomic E-state index is -4.45. The van der Waals surface area contributed by atoms with Crippen LogP contribution in [-0.2, 0) is 6.18 Å². The van der Waals surface area contributed by atoms with E-state index in [1.54, 1.807) is 4.90 Å². The molecule has 0 amide bonds. The van der Waals surface area contributed by atoms with Gasteiger partial charge < -0.3 is 10.2 Å². The summed E-state index contributed by atoms with van der Waals surface area (Å²) in [4.78, 5) is 1.72. The molecule has 1 aliphatic rings. The molecule has 2 nitrogen and oxygen atoms in total. The lowest BCUT2D eigenvalue weighted by atomic mass is 10.1. The van der Waals surface area contributed by atoms with Crippen molar-refractivity contribution in [2.24, 2.45) is 0 Å². The molecule has 1 fully saturated rings. The number of rotatable bonds is 1. The predicted molar refractivity (Wildman–Crippen MR) is 74.9 cm³/mol. The van der Waals surface area contributed by atoms with Crippen LogP contribution in [0.15, 0.2) is 18.2 Å². The van der Waals surface area contributed by atoms with Crippen molar-refractivity contribution >= 4 is 5.69 Å². The van der Waals surface area contributed by atoms with Gasteiger partial charge in [-0.2, -0.15) is 13.2 Å². The minimum absolute atomic E-state index is 0.0473. The van der Waals surface area contributed by atoms with Crippen molar-refractivity contribution in [1.29, 1.82) is 0 Å². The number of alkyl halides is 3. The molecule has 1 aromatic carbocycles. The van der Waals surface area contributed by atoms with E-state index in [1.165, 1.54) is 0 Å². The monoisotopic (exact) mass is 304 g/mol. The minimum Gasteiger partial charge on any atom is -0.369 e. The average molecular weight is 304 g/mol. The Morgan fingerprint density at radius 3 is 2.19 bits per heavy atom. The van der Waals surface area contributed by atoms with Gasteiger partial charge in [0.25, 0.3) is 0 Å². The van der Waals surface area contributed by atoms with Gasteiger partial charge in [0.1, 0.15) is 5.82 Å². The molecule has 0 bridgehead atoms. The molecule has 1 heterocycles. The fourth-order valence-electron chi connectivity index (χ4n) is 2.64. The predicted octanol–water partition coefficient (Wildman–Crippen LogP) is 3.81. The Morgan fingerprint density at radius 1 is 1.10 bits per heavy atom. The molecule has 0 aliphatic carbocycles. The maximum atomic E-state index is 13.9. The summed E-state index contributed by atoms with van der Waals surface area (Å²) in [5, 5.41) is 3.40. The lowest BCUT2D eigenvalue weighted by Crippen LogP contribution is -2.43. The van der Waals surface area contributed by atoms with Crippen molar-refractivity contribution in [1.82, 2.24) is 5.32 Å². The van der Waals surface area contributed by atoms with Gasteiger partial charge in [-0.3, -0.25) is 0 Å². The molecule has 0 saturated carbocycles. The Labute approximate surface area is 122 Å². The van der Waals surface area contributed by atoms with E-state index in [9.17, 15) is 17.6 Å². The van der Waals surface area contributed by atoms with Gasteiger partial charge in [0.05, 0.1) is 11.3 Å². The number of hydrogen-bond donors (Lipinski definition) is 1. The molecule has 1 aromatic rings. The third kappa shape index (κ3) is 4.09. The van der Waals surface area contributed by atoms with E-state index < -0.39 is 17.6 Å². The Bertz CT molecular complexity index is 475. The Hall–Kier alpha value is -1.30. The zero-order valence-electron chi connectivity index (χ0n) is 12.2. The summed E-state index contributed by atoms with van der Waals surface area (Å²) < 4.78 is 52.3. The zero-order valence-corrected chi connectivity index (χ0v) is 12.2. The average Bonchev–Trinajstić information content (AvgIpc) is 2.36. The van der Waals surface area contributed by atoms with Gasteiger partial charge in [-0.1, -0.05) is 0 Å². The maximum Gasteiger partial charge on any atom is 0.416 e. The molecule has 0 spiro atoms. The summed E-state index contributed by atoms with van der Waals surface area (Å²) in [6.45, 7) is 5.14. The lowest BCUT2D eigenvalue weighted by molar-refractivity contribution is -0.137. The van der Waals surface area contributed by atoms with Crippen LogP contribution < -0.4 is 10.2 Å². The molecule has 6 heteroatoms. The van der Waals surface area contributed by atoms with Gasteiger partial charge in [0.2, 0.25) is 0 Å². The Balaban J connectivity index is 2.26. The maximum absolute atomic E-state index is 13.9. The van der Waals surface area contributed by atoms with Gasteiger partial charge in [-0.05, 0) is 44.9 Å². The van der Waals surface area contributed by atoms with E-state index in [0.717, 1.165) is 31.0 Å². The highest BCUT2D eigenvalue weighted by molar-refractivity contribution is 5.50. The summed E-state index contributed by atoms with van der Waals surface area (Å²) in [5.74, 6) is -0.600. The van der Waals surface area contributed by atoms with Gasteiger partial charge >= 0.3 is 6.18 Å². The molecule has 2 rings (SSSR count). The Morgan fingerprint density at radius 2 is 1.67 bits per heavy atom. The smallest absolute Gasteiger partial charge is 0.369 e. The summed E-state index contributed by atoms with van der Waals surface area (Å²) in [5.41, 5.74) is -0.758. The molecule has 2 atom stereocenters. The second-order valence-electron chi connectivity index (χ2n) is 5.70. The molecule has 1 N–H and O–H groups in total. The van der Waals surface area contributed by atoms with Crippen LogP contribution in [-0.4, -0.2) is 25.2 Å². The van der Waals surface area contributed by atoms with Gasteiger partial charge in [0, 0.05) is 25.2 Å². The van der Waals surface area contributed by atoms with Crippen LogP contribution in [0.2, 0.25) is 0 Å². The number of nitrogens with zero attached hydrogens (tertiary/aromatic N) is 1. The Kier molecular flexibility index (Phi) is 4.76. The lowest BCUT2D eigenvalue weighted by Gasteiger charge is -2.32. The number of anilines is 1. The van der Waals surface area contributed by atoms with Crippen molar-refractivity contribution in [2.45, 2.75) is 44.9 Å². The van der Waals surface area contributed by atoms with Gasteiger partial charge in [-0.25, -0.2) is 4.39 Å². The fraction of sp³-hybridized carbons (Fsp3) is 0.600. The quantitative estimate of drug-likeness (QED) is 0.794. The van der Waals surface area contributed by atoms with Crippen molar-refractivity contribution in [3.05, 3.63) is 29.6 Å². The first-order valence-corrected chi connectivity index (χ1v) is 7.15. The summed E-state index contributed by atoms with van der Waals surface area (Å²) in [6, 6.07) is 3.13. The van der Waals surface area contributed by atoms with Crippen molar-refractivity contribution in [2.75, 3.05) is 18.0 Å². The van der Waals surface area contributed by atoms with Crippen LogP contribution in [0.3, 0.4) is 0 Å². The van der Waals surface area contributed by atoms with Crippen molar-refractivity contribution in [3.63, 3.8) is 0 Å². The van der Waals surface area contributed by atoms with E-state index in [0.29, 0.717) is 13.1 Å². The number of hydrogen-bond acceptors (Lipinski definition) is 2. The molecule has 0 radical (unpaired) electrons. The first-order valence-electron chi connectivity index (χ1n) is 7.15. The second-order valence-corrected chi connectivity index (χ2v) is 5.70. The molecule has 1 saturated heterocycles. The molecule has 1 aliphatic heterocycles. The number of halogens is 4. The van der Waals surface area contributed by atoms with E-state index in [4.69, 9.17) is 0 Å². The topological polar surface area (TPSA) is 15.3 Å². The summed E-state index contributed by atoms with van der Waals surface area (Å²) in [7, 11) is 0. The molecule has 0 aromatic heterocycles. The molecular formula is C15H20F4N2. The normalized spacial score (nSPS) is 24.6. The third-order valence-electron chi connectivity index (χ3n) is 3.85. The van der Waals surface area contributed by atoms with Crippen LogP contribution in [0, 0.1) is 5.82 Å². The highest BCUT2D eigenvalue weighted by Crippen LogP contribution is 2.33. The largest absolute Gasteiger partial charge is 0.416 e. The zero-order chi connectivity index (χ0) is 15.6.